The van der Waals surface area contributed by atoms with Gasteiger partial charge < -0.3 is 20.4 Å². The molecule has 0 bridgehead atoms. The van der Waals surface area contributed by atoms with E-state index in [0.717, 1.165) is 5.56 Å². The van der Waals surface area contributed by atoms with Gasteiger partial charge in [-0.25, -0.2) is 0 Å². The Balaban J connectivity index is 1.52. The number of amides is 3. The van der Waals surface area contributed by atoms with Gasteiger partial charge in [-0.15, -0.1) is 0 Å². The molecule has 7 nitrogen and oxygen atoms in total. The molecule has 24 heavy (non-hydrogen) atoms. The van der Waals surface area contributed by atoms with Crippen molar-refractivity contribution in [1.82, 2.24) is 10.6 Å². The zero-order chi connectivity index (χ0) is 16.9. The van der Waals surface area contributed by atoms with Crippen LogP contribution in [0.5, 0.6) is 0 Å². The lowest BCUT2D eigenvalue weighted by Crippen LogP contribution is -2.39. The number of nitrogens with one attached hydrogen (secondary N) is 3. The van der Waals surface area contributed by atoms with Crippen molar-refractivity contribution in [2.45, 2.75) is 12.3 Å². The van der Waals surface area contributed by atoms with E-state index >= 15 is 0 Å². The van der Waals surface area contributed by atoms with E-state index in [-0.39, 0.29) is 43.0 Å². The number of fused-ring (bicyclic) bond motifs is 1. The minimum Gasteiger partial charge on any atom is -0.459 e. The number of para-hydroxylation sites is 1. The van der Waals surface area contributed by atoms with Gasteiger partial charge in [-0.3, -0.25) is 14.4 Å². The lowest BCUT2D eigenvalue weighted by atomic mass is 9.90. The lowest BCUT2D eigenvalue weighted by Gasteiger charge is -2.24. The molecule has 1 aromatic heterocycles. The molecule has 1 aliphatic heterocycles. The van der Waals surface area contributed by atoms with Crippen LogP contribution >= 0.6 is 0 Å². The molecule has 2 heterocycles. The second-order valence-corrected chi connectivity index (χ2v) is 5.42. The highest BCUT2D eigenvalue weighted by Crippen LogP contribution is 2.31. The van der Waals surface area contributed by atoms with Gasteiger partial charge in [-0.05, 0) is 23.8 Å². The van der Waals surface area contributed by atoms with Gasteiger partial charge in [-0.1, -0.05) is 18.2 Å². The van der Waals surface area contributed by atoms with E-state index in [9.17, 15) is 14.4 Å². The zero-order valence-electron chi connectivity index (χ0n) is 12.9. The normalized spacial score (nSPS) is 16.0. The summed E-state index contributed by atoms with van der Waals surface area (Å²) in [6, 6.07) is 10.4. The Labute approximate surface area is 138 Å². The highest BCUT2D eigenvalue weighted by atomic mass is 16.3. The van der Waals surface area contributed by atoms with E-state index in [1.807, 2.05) is 18.2 Å². The molecule has 0 fully saturated rings. The number of hydrogen-bond donors (Lipinski definition) is 3. The summed E-state index contributed by atoms with van der Waals surface area (Å²) < 4.78 is 4.98. The van der Waals surface area contributed by atoms with E-state index in [2.05, 4.69) is 16.0 Å². The number of rotatable bonds is 5. The maximum absolute atomic E-state index is 12.4. The van der Waals surface area contributed by atoms with Gasteiger partial charge in [-0.2, -0.15) is 0 Å². The van der Waals surface area contributed by atoms with Gasteiger partial charge in [0.05, 0.1) is 12.2 Å². The molecule has 1 unspecified atom stereocenters. The van der Waals surface area contributed by atoms with Crippen LogP contribution in [0.3, 0.4) is 0 Å². The smallest absolute Gasteiger partial charge is 0.287 e. The summed E-state index contributed by atoms with van der Waals surface area (Å²) in [6.45, 7) is 0.539. The van der Waals surface area contributed by atoms with Gasteiger partial charge in [0.25, 0.3) is 5.91 Å². The molecule has 1 atom stereocenters. The summed E-state index contributed by atoms with van der Waals surface area (Å²) in [7, 11) is 0. The van der Waals surface area contributed by atoms with Crippen molar-refractivity contribution in [3.8, 4) is 0 Å². The number of benzene rings is 1. The number of furan rings is 1. The lowest BCUT2D eigenvalue weighted by molar-refractivity contribution is -0.126. The number of anilines is 1. The van der Waals surface area contributed by atoms with Crippen molar-refractivity contribution < 1.29 is 18.8 Å². The molecule has 0 radical (unpaired) electrons. The molecule has 124 valence electrons. The second kappa shape index (κ2) is 6.99. The summed E-state index contributed by atoms with van der Waals surface area (Å²) in [6.07, 6.45) is 1.53. The quantitative estimate of drug-likeness (QED) is 0.720. The van der Waals surface area contributed by atoms with Crippen LogP contribution in [-0.2, 0) is 9.59 Å². The summed E-state index contributed by atoms with van der Waals surface area (Å²) in [4.78, 5) is 35.8. The standard InChI is InChI=1S/C17H17N3O4/c21-15-10-12(11-4-1-2-5-13(11)20-15)16(22)18-7-8-19-17(23)14-6-3-9-24-14/h1-6,9,12H,7-8,10H2,(H,18,22)(H,19,23)(H,20,21). The van der Waals surface area contributed by atoms with E-state index in [1.165, 1.54) is 6.26 Å². The molecule has 1 aromatic carbocycles. The zero-order valence-corrected chi connectivity index (χ0v) is 12.9. The molecule has 1 aliphatic rings. The second-order valence-electron chi connectivity index (χ2n) is 5.42. The van der Waals surface area contributed by atoms with Gasteiger partial charge in [0, 0.05) is 25.2 Å². The van der Waals surface area contributed by atoms with Crippen molar-refractivity contribution in [3.63, 3.8) is 0 Å². The van der Waals surface area contributed by atoms with Crippen molar-refractivity contribution in [2.75, 3.05) is 18.4 Å². The number of carbonyl (C=O) groups is 3. The molecule has 0 saturated heterocycles. The van der Waals surface area contributed by atoms with Crippen molar-refractivity contribution in [1.29, 1.82) is 0 Å². The first kappa shape index (κ1) is 15.8. The predicted octanol–water partition coefficient (Wildman–Crippen LogP) is 1.25. The predicted molar refractivity (Wildman–Crippen MR) is 86.5 cm³/mol. The Morgan fingerprint density at radius 1 is 1.12 bits per heavy atom. The summed E-state index contributed by atoms with van der Waals surface area (Å²) in [5.41, 5.74) is 1.47. The third-order valence-corrected chi connectivity index (χ3v) is 3.77. The molecule has 3 amide bonds. The first-order valence-corrected chi connectivity index (χ1v) is 7.63. The Morgan fingerprint density at radius 3 is 2.71 bits per heavy atom. The average Bonchev–Trinajstić information content (AvgIpc) is 3.12. The molecule has 0 spiro atoms. The first-order valence-electron chi connectivity index (χ1n) is 7.63. The fraction of sp³-hybridized carbons (Fsp3) is 0.235. The highest BCUT2D eigenvalue weighted by molar-refractivity contribution is 6.01. The molecular formula is C17H17N3O4. The van der Waals surface area contributed by atoms with E-state index in [1.54, 1.807) is 18.2 Å². The molecule has 3 N–H and O–H groups in total. The van der Waals surface area contributed by atoms with Crippen LogP contribution in [0.25, 0.3) is 0 Å². The van der Waals surface area contributed by atoms with Crippen LogP contribution in [0.4, 0.5) is 5.69 Å². The van der Waals surface area contributed by atoms with Crippen LogP contribution in [0, 0.1) is 0 Å². The van der Waals surface area contributed by atoms with Gasteiger partial charge >= 0.3 is 0 Å². The molecule has 3 rings (SSSR count). The fourth-order valence-electron chi connectivity index (χ4n) is 2.63. The number of hydrogen-bond acceptors (Lipinski definition) is 4. The van der Waals surface area contributed by atoms with Crippen LogP contribution in [0.2, 0.25) is 0 Å². The Kier molecular flexibility index (Phi) is 4.60. The Bertz CT molecular complexity index is 755. The minimum absolute atomic E-state index is 0.113. The van der Waals surface area contributed by atoms with E-state index in [0.29, 0.717) is 5.69 Å². The average molecular weight is 327 g/mol. The number of carbonyl (C=O) groups excluding carboxylic acids is 3. The SMILES string of the molecule is O=C1CC(C(=O)NCCNC(=O)c2ccco2)c2ccccc2N1. The van der Waals surface area contributed by atoms with Crippen molar-refractivity contribution >= 4 is 23.4 Å². The van der Waals surface area contributed by atoms with Gasteiger partial charge in [0.1, 0.15) is 0 Å². The third kappa shape index (κ3) is 3.45. The fourth-order valence-corrected chi connectivity index (χ4v) is 2.63. The first-order chi connectivity index (χ1) is 11.6. The largest absolute Gasteiger partial charge is 0.459 e. The molecular weight excluding hydrogens is 310 g/mol. The van der Waals surface area contributed by atoms with Crippen molar-refractivity contribution in [2.24, 2.45) is 0 Å². The van der Waals surface area contributed by atoms with Crippen LogP contribution < -0.4 is 16.0 Å². The van der Waals surface area contributed by atoms with E-state index in [4.69, 9.17) is 4.42 Å². The monoisotopic (exact) mass is 327 g/mol. The van der Waals surface area contributed by atoms with Crippen LogP contribution in [-0.4, -0.2) is 30.8 Å². The highest BCUT2D eigenvalue weighted by Gasteiger charge is 2.30. The summed E-state index contributed by atoms with van der Waals surface area (Å²) >= 11 is 0. The molecule has 0 aliphatic carbocycles. The molecule has 0 saturated carbocycles. The topological polar surface area (TPSA) is 100 Å². The van der Waals surface area contributed by atoms with Crippen LogP contribution in [0.15, 0.2) is 47.1 Å². The Morgan fingerprint density at radius 2 is 1.92 bits per heavy atom. The van der Waals surface area contributed by atoms with Crippen LogP contribution in [0.1, 0.15) is 28.5 Å². The molecule has 7 heteroatoms. The third-order valence-electron chi connectivity index (χ3n) is 3.77. The van der Waals surface area contributed by atoms with Gasteiger partial charge in [0.15, 0.2) is 5.76 Å². The minimum atomic E-state index is -0.518. The van der Waals surface area contributed by atoms with Gasteiger partial charge in [0.2, 0.25) is 11.8 Å². The Hall–Kier alpha value is -3.09. The summed E-state index contributed by atoms with van der Waals surface area (Å²) in [5, 5.41) is 8.15. The molecule has 2 aromatic rings. The maximum atomic E-state index is 12.4. The van der Waals surface area contributed by atoms with Crippen molar-refractivity contribution in [3.05, 3.63) is 54.0 Å². The van der Waals surface area contributed by atoms with E-state index < -0.39 is 5.92 Å². The maximum Gasteiger partial charge on any atom is 0.287 e. The summed E-state index contributed by atoms with van der Waals surface area (Å²) in [5.74, 6) is -1.05.